The van der Waals surface area contributed by atoms with Crippen molar-refractivity contribution in [2.45, 2.75) is 76.4 Å². The second-order valence-corrected chi connectivity index (χ2v) is 11.3. The van der Waals surface area contributed by atoms with Crippen molar-refractivity contribution in [2.24, 2.45) is 5.73 Å². The van der Waals surface area contributed by atoms with Gasteiger partial charge in [0.25, 0.3) is 5.91 Å². The van der Waals surface area contributed by atoms with Crippen molar-refractivity contribution in [2.75, 3.05) is 55.5 Å². The molecule has 0 radical (unpaired) electrons. The van der Waals surface area contributed by atoms with E-state index in [4.69, 9.17) is 15.5 Å². The Kier molecular flexibility index (Phi) is 9.24. The molecule has 1 atom stereocenters. The molecule has 4 N–H and O–H groups in total. The summed E-state index contributed by atoms with van der Waals surface area (Å²) in [6.07, 6.45) is 9.75. The van der Waals surface area contributed by atoms with Crippen molar-refractivity contribution >= 4 is 35.0 Å². The van der Waals surface area contributed by atoms with Crippen molar-refractivity contribution in [1.82, 2.24) is 20.2 Å². The Hall–Kier alpha value is -3.44. The lowest BCUT2D eigenvalue weighted by Gasteiger charge is -2.43. The highest BCUT2D eigenvalue weighted by atomic mass is 16.5. The number of amides is 2. The largest absolute Gasteiger partial charge is 0.495 e. The summed E-state index contributed by atoms with van der Waals surface area (Å²) in [6.45, 7) is 5.72. The molecule has 222 valence electrons. The molecule has 2 aliphatic heterocycles. The van der Waals surface area contributed by atoms with E-state index in [1.807, 2.05) is 6.07 Å². The number of carbonyl (C=O) groups is 2. The number of likely N-dealkylation sites (tertiary alicyclic amines) is 1. The van der Waals surface area contributed by atoms with E-state index in [1.54, 1.807) is 37.4 Å². The molecule has 5 rings (SSSR count). The van der Waals surface area contributed by atoms with Gasteiger partial charge in [0.15, 0.2) is 5.82 Å². The molecule has 2 aromatic rings. The third-order valence-electron chi connectivity index (χ3n) is 8.72. The molecule has 1 aliphatic carbocycles. The average Bonchev–Trinajstić information content (AvgIpc) is 3.53. The summed E-state index contributed by atoms with van der Waals surface area (Å²) in [4.78, 5) is 42.0. The van der Waals surface area contributed by atoms with Crippen molar-refractivity contribution in [3.8, 4) is 5.75 Å². The average molecular weight is 565 g/mol. The first-order valence-electron chi connectivity index (χ1n) is 15.0. The molecule has 1 saturated carbocycles. The van der Waals surface area contributed by atoms with Crippen LogP contribution < -0.4 is 30.9 Å². The van der Waals surface area contributed by atoms with Gasteiger partial charge in [0.2, 0.25) is 11.9 Å². The summed E-state index contributed by atoms with van der Waals surface area (Å²) in [7, 11) is 3.38. The summed E-state index contributed by atoms with van der Waals surface area (Å²) in [5.74, 6) is 1.71. The number of carbonyl (C=O) groups excluding carboxylic acids is 2. The van der Waals surface area contributed by atoms with Gasteiger partial charge in [0, 0.05) is 37.8 Å². The molecule has 11 heteroatoms. The number of hydrogen-bond acceptors (Lipinski definition) is 9. The van der Waals surface area contributed by atoms with Crippen LogP contribution in [0, 0.1) is 0 Å². The Morgan fingerprint density at radius 2 is 1.93 bits per heavy atom. The predicted molar refractivity (Wildman–Crippen MR) is 161 cm³/mol. The number of ether oxygens (including phenoxy) is 1. The molecule has 11 nitrogen and oxygen atoms in total. The lowest BCUT2D eigenvalue weighted by Crippen LogP contribution is -2.55. The number of hydrogen-bond donors (Lipinski definition) is 3. The Bertz CT molecular complexity index is 1230. The van der Waals surface area contributed by atoms with E-state index >= 15 is 0 Å². The molecule has 2 fully saturated rings. The van der Waals surface area contributed by atoms with Crippen molar-refractivity contribution in [1.29, 1.82) is 0 Å². The SMILES string of the molecule is CC[C@@H]1C(=O)N(C)c2cnc(Nc3ccc(C(=O)NC4CCN(CCCN)CC4)cc3OC)nc2N1C1CCCC1. The quantitative estimate of drug-likeness (QED) is 0.398. The van der Waals surface area contributed by atoms with Crippen molar-refractivity contribution < 1.29 is 14.3 Å². The molecule has 1 aromatic carbocycles. The molecule has 0 spiro atoms. The Morgan fingerprint density at radius 1 is 1.17 bits per heavy atom. The summed E-state index contributed by atoms with van der Waals surface area (Å²) in [5, 5.41) is 6.48. The van der Waals surface area contributed by atoms with Gasteiger partial charge in [-0.1, -0.05) is 19.8 Å². The molecule has 3 aliphatic rings. The zero-order valence-corrected chi connectivity index (χ0v) is 24.6. The lowest BCUT2D eigenvalue weighted by atomic mass is 10.0. The van der Waals surface area contributed by atoms with Crippen molar-refractivity contribution in [3.63, 3.8) is 0 Å². The minimum Gasteiger partial charge on any atom is -0.495 e. The Morgan fingerprint density at radius 3 is 2.61 bits per heavy atom. The van der Waals surface area contributed by atoms with Crippen LogP contribution in [0.4, 0.5) is 23.1 Å². The highest BCUT2D eigenvalue weighted by Gasteiger charge is 2.41. The molecular formula is C30H44N8O3. The van der Waals surface area contributed by atoms with Gasteiger partial charge in [-0.25, -0.2) is 4.98 Å². The van der Waals surface area contributed by atoms with E-state index in [0.29, 0.717) is 35.5 Å². The Balaban J connectivity index is 1.30. The van der Waals surface area contributed by atoms with Gasteiger partial charge in [-0.15, -0.1) is 0 Å². The van der Waals surface area contributed by atoms with Gasteiger partial charge in [0.1, 0.15) is 17.5 Å². The monoisotopic (exact) mass is 564 g/mol. The molecular weight excluding hydrogens is 520 g/mol. The molecule has 2 amide bonds. The molecule has 3 heterocycles. The third-order valence-corrected chi connectivity index (χ3v) is 8.72. The van der Waals surface area contributed by atoms with E-state index < -0.39 is 0 Å². The number of nitrogens with zero attached hydrogens (tertiary/aromatic N) is 5. The highest BCUT2D eigenvalue weighted by Crippen LogP contribution is 2.40. The molecule has 0 unspecified atom stereocenters. The highest BCUT2D eigenvalue weighted by molar-refractivity contribution is 6.04. The van der Waals surface area contributed by atoms with E-state index in [-0.39, 0.29) is 23.9 Å². The predicted octanol–water partition coefficient (Wildman–Crippen LogP) is 3.28. The van der Waals surface area contributed by atoms with Gasteiger partial charge in [-0.2, -0.15) is 4.98 Å². The Labute approximate surface area is 242 Å². The maximum Gasteiger partial charge on any atom is 0.251 e. The molecule has 1 aromatic heterocycles. The number of methoxy groups -OCH3 is 1. The lowest BCUT2D eigenvalue weighted by molar-refractivity contribution is -0.120. The van der Waals surface area contributed by atoms with Crippen LogP contribution in [-0.2, 0) is 4.79 Å². The number of nitrogens with one attached hydrogen (secondary N) is 2. The number of anilines is 4. The molecule has 0 bridgehead atoms. The first-order chi connectivity index (χ1) is 19.9. The van der Waals surface area contributed by atoms with Crippen LogP contribution in [0.25, 0.3) is 0 Å². The van der Waals surface area contributed by atoms with E-state index in [0.717, 1.165) is 82.5 Å². The van der Waals surface area contributed by atoms with E-state index in [1.165, 1.54) is 0 Å². The number of benzene rings is 1. The first kappa shape index (κ1) is 29.1. The number of likely N-dealkylation sites (N-methyl/N-ethyl adjacent to an activating group) is 1. The topological polar surface area (TPSA) is 129 Å². The number of fused-ring (bicyclic) bond motifs is 1. The second kappa shape index (κ2) is 13.0. The second-order valence-electron chi connectivity index (χ2n) is 11.3. The van der Waals surface area contributed by atoms with Crippen LogP contribution in [0.1, 0.15) is 68.6 Å². The minimum absolute atomic E-state index is 0.0869. The van der Waals surface area contributed by atoms with Crippen LogP contribution >= 0.6 is 0 Å². The van der Waals surface area contributed by atoms with Crippen LogP contribution in [0.2, 0.25) is 0 Å². The fraction of sp³-hybridized carbons (Fsp3) is 0.600. The van der Waals surface area contributed by atoms with E-state index in [9.17, 15) is 9.59 Å². The number of aromatic nitrogens is 2. The van der Waals surface area contributed by atoms with Crippen LogP contribution in [0.5, 0.6) is 5.75 Å². The third kappa shape index (κ3) is 6.25. The number of rotatable bonds is 10. The maximum absolute atomic E-state index is 13.2. The number of piperidine rings is 1. The molecule has 41 heavy (non-hydrogen) atoms. The summed E-state index contributed by atoms with van der Waals surface area (Å²) in [5.41, 5.74) is 7.57. The first-order valence-corrected chi connectivity index (χ1v) is 15.0. The normalized spacial score (nSPS) is 20.3. The van der Waals surface area contributed by atoms with Gasteiger partial charge in [-0.05, 0) is 69.8 Å². The smallest absolute Gasteiger partial charge is 0.251 e. The zero-order chi connectivity index (χ0) is 28.9. The van der Waals surface area contributed by atoms with Gasteiger partial charge < -0.3 is 35.8 Å². The number of nitrogens with two attached hydrogens (primary N) is 1. The van der Waals surface area contributed by atoms with Gasteiger partial charge >= 0.3 is 0 Å². The standard InChI is InChI=1S/C30H44N8O3/c1-4-24-29(40)36(2)25-19-32-30(35-27(25)38(24)22-8-5-6-9-22)34-23-11-10-20(18-26(23)41-3)28(39)33-21-12-16-37(17-13-21)15-7-14-31/h10-11,18-19,21-22,24H,4-9,12-17,31H2,1-3H3,(H,33,39)(H,32,34,35)/t24-/m1/s1. The van der Waals surface area contributed by atoms with Crippen LogP contribution in [0.15, 0.2) is 24.4 Å². The van der Waals surface area contributed by atoms with Crippen LogP contribution in [-0.4, -0.2) is 85.1 Å². The fourth-order valence-electron chi connectivity index (χ4n) is 6.38. The van der Waals surface area contributed by atoms with Gasteiger partial charge in [0.05, 0.1) is 19.0 Å². The van der Waals surface area contributed by atoms with E-state index in [2.05, 4.69) is 32.3 Å². The summed E-state index contributed by atoms with van der Waals surface area (Å²) >= 11 is 0. The fourth-order valence-corrected chi connectivity index (χ4v) is 6.38. The summed E-state index contributed by atoms with van der Waals surface area (Å²) in [6, 6.07) is 5.58. The molecule has 1 saturated heterocycles. The zero-order valence-electron chi connectivity index (χ0n) is 24.6. The minimum atomic E-state index is -0.233. The van der Waals surface area contributed by atoms with Crippen LogP contribution in [0.3, 0.4) is 0 Å². The van der Waals surface area contributed by atoms with Gasteiger partial charge in [-0.3, -0.25) is 9.59 Å². The summed E-state index contributed by atoms with van der Waals surface area (Å²) < 4.78 is 5.65. The van der Waals surface area contributed by atoms with Crippen molar-refractivity contribution in [3.05, 3.63) is 30.0 Å². The maximum atomic E-state index is 13.2.